The molecule has 0 N–H and O–H groups in total. The molecule has 0 atom stereocenters. The van der Waals surface area contributed by atoms with Crippen LogP contribution in [0.15, 0.2) is 48.5 Å². The van der Waals surface area contributed by atoms with Gasteiger partial charge in [-0.3, -0.25) is 4.79 Å². The average Bonchev–Trinajstić information content (AvgIpc) is 2.69. The van der Waals surface area contributed by atoms with Crippen molar-refractivity contribution in [3.63, 3.8) is 0 Å². The maximum atomic E-state index is 11.4. The number of nitrogens with zero attached hydrogens (tertiary/aromatic N) is 1. The summed E-state index contributed by atoms with van der Waals surface area (Å²) in [7, 11) is 0. The molecule has 0 aromatic heterocycles. The fraction of sp³-hybridized carbons (Fsp3) is 0.235. The van der Waals surface area contributed by atoms with Gasteiger partial charge in [0.15, 0.2) is 5.78 Å². The first-order valence-electron chi connectivity index (χ1n) is 6.86. The molecule has 2 aromatic rings. The van der Waals surface area contributed by atoms with E-state index in [9.17, 15) is 4.79 Å². The number of carbonyl (C=O) groups is 1. The highest BCUT2D eigenvalue weighted by molar-refractivity contribution is 5.94. The zero-order chi connectivity index (χ0) is 13.9. The Hall–Kier alpha value is -2.29. The van der Waals surface area contributed by atoms with Crippen LogP contribution in [0.25, 0.3) is 0 Å². The minimum Gasteiger partial charge on any atom is -0.491 e. The Morgan fingerprint density at radius 1 is 1.10 bits per heavy atom. The second-order valence-corrected chi connectivity index (χ2v) is 4.92. The molecule has 3 nitrogen and oxygen atoms in total. The smallest absolute Gasteiger partial charge is 0.159 e. The molecule has 3 rings (SSSR count). The standard InChI is InChI=1S/C17H17NO2/c1-13(19)14-7-9-15(10-8-14)18-11-4-12-20-17-6-3-2-5-16(17)18/h2-3,5-10H,4,11-12H2,1H3. The lowest BCUT2D eigenvalue weighted by Gasteiger charge is -2.24. The van der Waals surface area contributed by atoms with Crippen molar-refractivity contribution in [2.45, 2.75) is 13.3 Å². The van der Waals surface area contributed by atoms with Crippen LogP contribution >= 0.6 is 0 Å². The molecule has 0 fully saturated rings. The fourth-order valence-electron chi connectivity index (χ4n) is 2.47. The zero-order valence-electron chi connectivity index (χ0n) is 11.5. The van der Waals surface area contributed by atoms with Crippen molar-refractivity contribution in [2.75, 3.05) is 18.1 Å². The number of rotatable bonds is 2. The average molecular weight is 267 g/mol. The maximum Gasteiger partial charge on any atom is 0.159 e. The number of ketones is 1. The molecule has 0 amide bonds. The Bertz CT molecular complexity index is 619. The van der Waals surface area contributed by atoms with Crippen molar-refractivity contribution in [3.05, 3.63) is 54.1 Å². The molecule has 0 radical (unpaired) electrons. The van der Waals surface area contributed by atoms with Gasteiger partial charge in [-0.05, 0) is 49.7 Å². The van der Waals surface area contributed by atoms with Gasteiger partial charge in [-0.25, -0.2) is 0 Å². The SMILES string of the molecule is CC(=O)c1ccc(N2CCCOc3ccccc32)cc1. The predicted octanol–water partition coefficient (Wildman–Crippen LogP) is 3.81. The van der Waals surface area contributed by atoms with E-state index in [2.05, 4.69) is 11.0 Å². The van der Waals surface area contributed by atoms with E-state index in [4.69, 9.17) is 4.74 Å². The molecule has 0 aliphatic carbocycles. The van der Waals surface area contributed by atoms with Gasteiger partial charge in [-0.15, -0.1) is 0 Å². The molecule has 0 spiro atoms. The Morgan fingerprint density at radius 2 is 1.85 bits per heavy atom. The quantitative estimate of drug-likeness (QED) is 0.775. The van der Waals surface area contributed by atoms with Crippen LogP contribution in [0.1, 0.15) is 23.7 Å². The summed E-state index contributed by atoms with van der Waals surface area (Å²) < 4.78 is 5.77. The zero-order valence-corrected chi connectivity index (χ0v) is 11.5. The molecular weight excluding hydrogens is 250 g/mol. The third-order valence-corrected chi connectivity index (χ3v) is 3.53. The summed E-state index contributed by atoms with van der Waals surface area (Å²) in [5.74, 6) is 1.01. The summed E-state index contributed by atoms with van der Waals surface area (Å²) in [5, 5.41) is 0. The van der Waals surface area contributed by atoms with Crippen molar-refractivity contribution >= 4 is 17.2 Å². The number of hydrogen-bond donors (Lipinski definition) is 0. The second kappa shape index (κ2) is 5.37. The number of hydrogen-bond acceptors (Lipinski definition) is 3. The van der Waals surface area contributed by atoms with E-state index in [-0.39, 0.29) is 5.78 Å². The molecule has 0 bridgehead atoms. The van der Waals surface area contributed by atoms with Crippen molar-refractivity contribution in [1.29, 1.82) is 0 Å². The lowest BCUT2D eigenvalue weighted by Crippen LogP contribution is -2.17. The number of carbonyl (C=O) groups excluding carboxylic acids is 1. The van der Waals surface area contributed by atoms with E-state index in [1.54, 1.807) is 6.92 Å². The lowest BCUT2D eigenvalue weighted by atomic mass is 10.1. The topological polar surface area (TPSA) is 29.5 Å². The number of Topliss-reactive ketones (excluding diaryl/α,β-unsaturated/α-hetero) is 1. The monoisotopic (exact) mass is 267 g/mol. The Labute approximate surface area is 118 Å². The summed E-state index contributed by atoms with van der Waals surface area (Å²) in [5.41, 5.74) is 2.92. The van der Waals surface area contributed by atoms with Gasteiger partial charge >= 0.3 is 0 Å². The molecule has 3 heteroatoms. The first-order chi connectivity index (χ1) is 9.75. The Kier molecular flexibility index (Phi) is 3.42. The molecular formula is C17H17NO2. The highest BCUT2D eigenvalue weighted by Crippen LogP contribution is 2.35. The highest BCUT2D eigenvalue weighted by atomic mass is 16.5. The number of anilines is 2. The van der Waals surface area contributed by atoms with Gasteiger partial charge in [0.2, 0.25) is 0 Å². The van der Waals surface area contributed by atoms with Crippen molar-refractivity contribution in [3.8, 4) is 5.75 Å². The molecule has 1 aliphatic rings. The summed E-state index contributed by atoms with van der Waals surface area (Å²) >= 11 is 0. The van der Waals surface area contributed by atoms with Gasteiger partial charge in [0.25, 0.3) is 0 Å². The third kappa shape index (κ3) is 2.39. The second-order valence-electron chi connectivity index (χ2n) is 4.92. The largest absolute Gasteiger partial charge is 0.491 e. The summed E-state index contributed by atoms with van der Waals surface area (Å²) in [6.07, 6.45) is 0.975. The van der Waals surface area contributed by atoms with Crippen LogP contribution in [-0.2, 0) is 0 Å². The number of para-hydroxylation sites is 2. The molecule has 2 aromatic carbocycles. The first-order valence-corrected chi connectivity index (χ1v) is 6.86. The van der Waals surface area contributed by atoms with E-state index >= 15 is 0 Å². The van der Waals surface area contributed by atoms with Crippen LogP contribution in [0.4, 0.5) is 11.4 Å². The maximum absolute atomic E-state index is 11.4. The molecule has 1 aliphatic heterocycles. The van der Waals surface area contributed by atoms with Gasteiger partial charge in [-0.2, -0.15) is 0 Å². The van der Waals surface area contributed by atoms with Gasteiger partial charge in [0, 0.05) is 17.8 Å². The molecule has 0 unspecified atom stereocenters. The van der Waals surface area contributed by atoms with Gasteiger partial charge < -0.3 is 9.64 Å². The first kappa shape index (κ1) is 12.7. The molecule has 102 valence electrons. The van der Waals surface area contributed by atoms with E-state index in [1.165, 1.54) is 0 Å². The Morgan fingerprint density at radius 3 is 2.60 bits per heavy atom. The van der Waals surface area contributed by atoms with Crippen LogP contribution in [0.3, 0.4) is 0 Å². The van der Waals surface area contributed by atoms with E-state index in [0.717, 1.165) is 42.3 Å². The summed E-state index contributed by atoms with van der Waals surface area (Å²) in [6, 6.07) is 15.8. The third-order valence-electron chi connectivity index (χ3n) is 3.53. The number of fused-ring (bicyclic) bond motifs is 1. The van der Waals surface area contributed by atoms with Crippen LogP contribution < -0.4 is 9.64 Å². The minimum absolute atomic E-state index is 0.0937. The Balaban J connectivity index is 1.98. The summed E-state index contributed by atoms with van der Waals surface area (Å²) in [6.45, 7) is 3.24. The predicted molar refractivity (Wildman–Crippen MR) is 80.0 cm³/mol. The number of ether oxygens (including phenoxy) is 1. The molecule has 1 heterocycles. The van der Waals surface area contributed by atoms with E-state index in [1.807, 2.05) is 42.5 Å². The highest BCUT2D eigenvalue weighted by Gasteiger charge is 2.17. The molecule has 0 saturated carbocycles. The molecule has 0 saturated heterocycles. The number of benzene rings is 2. The van der Waals surface area contributed by atoms with Crippen molar-refractivity contribution in [2.24, 2.45) is 0 Å². The summed E-state index contributed by atoms with van der Waals surface area (Å²) in [4.78, 5) is 13.6. The normalized spacial score (nSPS) is 14.2. The fourth-order valence-corrected chi connectivity index (χ4v) is 2.47. The van der Waals surface area contributed by atoms with Crippen LogP contribution in [0.5, 0.6) is 5.75 Å². The van der Waals surface area contributed by atoms with Crippen LogP contribution in [-0.4, -0.2) is 18.9 Å². The van der Waals surface area contributed by atoms with E-state index in [0.29, 0.717) is 0 Å². The van der Waals surface area contributed by atoms with Crippen LogP contribution in [0.2, 0.25) is 0 Å². The van der Waals surface area contributed by atoms with Gasteiger partial charge in [0.05, 0.1) is 12.3 Å². The van der Waals surface area contributed by atoms with Crippen LogP contribution in [0, 0.1) is 0 Å². The minimum atomic E-state index is 0.0937. The van der Waals surface area contributed by atoms with Gasteiger partial charge in [-0.1, -0.05) is 12.1 Å². The van der Waals surface area contributed by atoms with Crippen molar-refractivity contribution < 1.29 is 9.53 Å². The van der Waals surface area contributed by atoms with Crippen molar-refractivity contribution in [1.82, 2.24) is 0 Å². The van der Waals surface area contributed by atoms with Gasteiger partial charge in [0.1, 0.15) is 5.75 Å². The lowest BCUT2D eigenvalue weighted by molar-refractivity contribution is 0.101. The van der Waals surface area contributed by atoms with E-state index < -0.39 is 0 Å². The molecule has 20 heavy (non-hydrogen) atoms.